The second kappa shape index (κ2) is 25.7. The summed E-state index contributed by atoms with van der Waals surface area (Å²) in [5.41, 5.74) is 1.32. The van der Waals surface area contributed by atoms with Crippen LogP contribution in [0.5, 0.6) is 0 Å². The lowest BCUT2D eigenvalue weighted by Crippen LogP contribution is -2.57. The lowest BCUT2D eigenvalue weighted by molar-refractivity contribution is -0.145. The van der Waals surface area contributed by atoms with E-state index in [0.717, 1.165) is 25.9 Å². The van der Waals surface area contributed by atoms with Crippen LogP contribution in [0.1, 0.15) is 79.2 Å². The third-order valence-electron chi connectivity index (χ3n) is 10.1. The van der Waals surface area contributed by atoms with Crippen LogP contribution >= 0.6 is 0 Å². The van der Waals surface area contributed by atoms with Crippen LogP contribution in [0.4, 0.5) is 4.79 Å². The topological polar surface area (TPSA) is 144 Å². The summed E-state index contributed by atoms with van der Waals surface area (Å²) >= 11 is 0. The van der Waals surface area contributed by atoms with Crippen molar-refractivity contribution in [1.29, 1.82) is 0 Å². The molecule has 304 valence electrons. The van der Waals surface area contributed by atoms with Crippen LogP contribution in [-0.4, -0.2) is 153 Å². The number of aliphatic hydroxyl groups excluding tert-OH is 1. The zero-order valence-corrected chi connectivity index (χ0v) is 34.6. The molecule has 0 bridgehead atoms. The molecule has 2 aliphatic rings. The molecular formula is C40H72N6O7. The van der Waals surface area contributed by atoms with Gasteiger partial charge in [0.05, 0.1) is 49.8 Å². The average molecular weight is 749 g/mol. The first kappa shape index (κ1) is 47.8. The van der Waals surface area contributed by atoms with Gasteiger partial charge < -0.3 is 44.8 Å². The number of likely N-dealkylation sites (tertiary alicyclic amines) is 1. The van der Waals surface area contributed by atoms with E-state index in [-0.39, 0.29) is 67.9 Å². The quantitative estimate of drug-likeness (QED) is 0.246. The van der Waals surface area contributed by atoms with Crippen molar-refractivity contribution in [2.45, 2.75) is 111 Å². The molecule has 2 aliphatic heterocycles. The lowest BCUT2D eigenvalue weighted by atomic mass is 9.90. The predicted octanol–water partition coefficient (Wildman–Crippen LogP) is 3.77. The van der Waals surface area contributed by atoms with Gasteiger partial charge >= 0.3 is 6.03 Å². The number of aryl methyl sites for hydroxylation is 1. The molecule has 3 N–H and O–H groups in total. The summed E-state index contributed by atoms with van der Waals surface area (Å²) in [4.78, 5) is 59.9. The Morgan fingerprint density at radius 2 is 1.62 bits per heavy atom. The van der Waals surface area contributed by atoms with Crippen LogP contribution in [0.3, 0.4) is 0 Å². The lowest BCUT2D eigenvalue weighted by Gasteiger charge is -2.40. The number of likely N-dealkylation sites (N-methyl/N-ethyl adjacent to an activating group) is 2. The molecule has 3 rings (SSSR count). The van der Waals surface area contributed by atoms with Crippen LogP contribution in [-0.2, 0) is 23.9 Å². The van der Waals surface area contributed by atoms with Gasteiger partial charge in [-0.2, -0.15) is 0 Å². The van der Waals surface area contributed by atoms with Crippen LogP contribution < -0.4 is 10.6 Å². The van der Waals surface area contributed by atoms with E-state index in [9.17, 15) is 19.2 Å². The standard InChI is InChI=1S/C30H56N6O7.C7H8.C3H8/c1-9-20(2)27(34(6)26(39)18-32-30(41)35-15-14-33(5)19-21(35)3)24(42-7)17-25(38)36-13-10-11-23(36)28(43-8)22(4)29(40)31-12-16-37;1-7-5-3-2-4-6-7;1-3-2/h20-24,27-28,37H,9-19H2,1-8H3,(H,31,40)(H,32,41);2-6H,1H3;3H2,1-2H3. The number of hydrogen-bond donors (Lipinski definition) is 3. The second-order valence-electron chi connectivity index (χ2n) is 14.5. The fourth-order valence-corrected chi connectivity index (χ4v) is 7.02. The van der Waals surface area contributed by atoms with Gasteiger partial charge in [0.25, 0.3) is 0 Å². The summed E-state index contributed by atoms with van der Waals surface area (Å²) in [5, 5.41) is 14.6. The molecule has 2 heterocycles. The number of ether oxygens (including phenoxy) is 2. The first-order valence-corrected chi connectivity index (χ1v) is 19.5. The Bertz CT molecular complexity index is 1210. The first-order chi connectivity index (χ1) is 25.2. The van der Waals surface area contributed by atoms with Crippen LogP contribution in [0, 0.1) is 18.8 Å². The molecule has 0 radical (unpaired) electrons. The molecule has 5 amide bonds. The van der Waals surface area contributed by atoms with E-state index in [4.69, 9.17) is 14.6 Å². The number of hydrogen-bond acceptors (Lipinski definition) is 8. The number of rotatable bonds is 15. The number of piperazine rings is 1. The number of carbonyl (C=O) groups excluding carboxylic acids is 4. The zero-order valence-electron chi connectivity index (χ0n) is 34.6. The number of nitrogens with zero attached hydrogens (tertiary/aromatic N) is 4. The largest absolute Gasteiger partial charge is 0.395 e. The third kappa shape index (κ3) is 15.6. The predicted molar refractivity (Wildman–Crippen MR) is 210 cm³/mol. The first-order valence-electron chi connectivity index (χ1n) is 19.5. The van der Waals surface area contributed by atoms with E-state index < -0.39 is 24.2 Å². The van der Waals surface area contributed by atoms with Gasteiger partial charge in [-0.1, -0.05) is 83.4 Å². The molecule has 0 aromatic heterocycles. The number of aliphatic hydroxyl groups is 1. The van der Waals surface area contributed by atoms with Crippen LogP contribution in [0.2, 0.25) is 0 Å². The number of nitrogens with one attached hydrogen (secondary N) is 2. The van der Waals surface area contributed by atoms with Gasteiger partial charge in [0.2, 0.25) is 17.7 Å². The zero-order chi connectivity index (χ0) is 40.1. The van der Waals surface area contributed by atoms with Gasteiger partial charge in [-0.3, -0.25) is 14.4 Å². The highest BCUT2D eigenvalue weighted by molar-refractivity contribution is 5.84. The molecule has 13 nitrogen and oxygen atoms in total. The molecule has 2 saturated heterocycles. The summed E-state index contributed by atoms with van der Waals surface area (Å²) in [5.74, 6) is -1.10. The van der Waals surface area contributed by atoms with Crippen molar-refractivity contribution in [2.24, 2.45) is 11.8 Å². The summed E-state index contributed by atoms with van der Waals surface area (Å²) < 4.78 is 11.6. The molecule has 7 unspecified atom stereocenters. The number of methoxy groups -OCH3 is 2. The van der Waals surface area contributed by atoms with Crippen molar-refractivity contribution in [3.05, 3.63) is 35.9 Å². The van der Waals surface area contributed by atoms with E-state index in [1.165, 1.54) is 12.0 Å². The average Bonchev–Trinajstić information content (AvgIpc) is 3.63. The number of amides is 5. The van der Waals surface area contributed by atoms with Gasteiger partial charge in [0.1, 0.15) is 0 Å². The minimum absolute atomic E-state index is 0.0244. The van der Waals surface area contributed by atoms with Crippen molar-refractivity contribution in [2.75, 3.05) is 74.2 Å². The summed E-state index contributed by atoms with van der Waals surface area (Å²) in [6, 6.07) is 9.38. The molecule has 1 aromatic rings. The molecule has 13 heteroatoms. The van der Waals surface area contributed by atoms with E-state index in [1.54, 1.807) is 42.9 Å². The summed E-state index contributed by atoms with van der Waals surface area (Å²) in [7, 11) is 6.82. The molecule has 0 spiro atoms. The Hall–Kier alpha value is -3.26. The Morgan fingerprint density at radius 1 is 0.981 bits per heavy atom. The highest BCUT2D eigenvalue weighted by atomic mass is 16.5. The minimum Gasteiger partial charge on any atom is -0.395 e. The van der Waals surface area contributed by atoms with Crippen molar-refractivity contribution < 1.29 is 33.8 Å². The fourth-order valence-electron chi connectivity index (χ4n) is 7.02. The number of carbonyl (C=O) groups is 4. The van der Waals surface area contributed by atoms with E-state index in [1.807, 2.05) is 46.0 Å². The van der Waals surface area contributed by atoms with Crippen molar-refractivity contribution in [3.8, 4) is 0 Å². The van der Waals surface area contributed by atoms with Crippen molar-refractivity contribution >= 4 is 23.8 Å². The molecule has 0 aliphatic carbocycles. The van der Waals surface area contributed by atoms with Gasteiger partial charge in [0, 0.05) is 60.0 Å². The van der Waals surface area contributed by atoms with E-state index in [2.05, 4.69) is 48.4 Å². The van der Waals surface area contributed by atoms with E-state index >= 15 is 0 Å². The monoisotopic (exact) mass is 749 g/mol. The molecule has 1 aromatic carbocycles. The molecular weight excluding hydrogens is 676 g/mol. The third-order valence-corrected chi connectivity index (χ3v) is 10.1. The van der Waals surface area contributed by atoms with Crippen molar-refractivity contribution in [1.82, 2.24) is 30.2 Å². The number of urea groups is 1. The van der Waals surface area contributed by atoms with Crippen molar-refractivity contribution in [3.63, 3.8) is 0 Å². The smallest absolute Gasteiger partial charge is 0.318 e. The molecule has 7 atom stereocenters. The SMILES string of the molecule is CCC.CCC(C)C(C(CC(=O)N1CCCC1C(OC)C(C)C(=O)NCCO)OC)N(C)C(=O)CNC(=O)N1CCN(C)CC1C.Cc1ccccc1. The second-order valence-corrected chi connectivity index (χ2v) is 14.5. The van der Waals surface area contributed by atoms with Gasteiger partial charge in [-0.15, -0.1) is 0 Å². The Balaban J connectivity index is 0.00000122. The van der Waals surface area contributed by atoms with Gasteiger partial charge in [-0.05, 0) is 39.7 Å². The normalized spacial score (nSPS) is 20.0. The van der Waals surface area contributed by atoms with Gasteiger partial charge in [-0.25, -0.2) is 4.79 Å². The summed E-state index contributed by atoms with van der Waals surface area (Å²) in [6.45, 7) is 16.7. The van der Waals surface area contributed by atoms with E-state index in [0.29, 0.717) is 19.5 Å². The Morgan fingerprint density at radius 3 is 2.13 bits per heavy atom. The summed E-state index contributed by atoms with van der Waals surface area (Å²) in [6.07, 6.45) is 2.49. The maximum absolute atomic E-state index is 13.7. The number of benzene rings is 1. The molecule has 0 saturated carbocycles. The van der Waals surface area contributed by atoms with Gasteiger partial charge in [0.15, 0.2) is 0 Å². The molecule has 2 fully saturated rings. The maximum Gasteiger partial charge on any atom is 0.318 e. The Labute approximate surface area is 320 Å². The minimum atomic E-state index is -0.572. The Kier molecular flexibility index (Phi) is 23.2. The molecule has 53 heavy (non-hydrogen) atoms. The highest BCUT2D eigenvalue weighted by Gasteiger charge is 2.42. The fraction of sp³-hybridized carbons (Fsp3) is 0.750. The maximum atomic E-state index is 13.7. The highest BCUT2D eigenvalue weighted by Crippen LogP contribution is 2.29. The van der Waals surface area contributed by atoms with Crippen LogP contribution in [0.15, 0.2) is 30.3 Å². The van der Waals surface area contributed by atoms with Crippen LogP contribution in [0.25, 0.3) is 0 Å².